The minimum absolute atomic E-state index is 0.295. The summed E-state index contributed by atoms with van der Waals surface area (Å²) < 4.78 is 5.34. The van der Waals surface area contributed by atoms with Gasteiger partial charge in [0.2, 0.25) is 0 Å². The van der Waals surface area contributed by atoms with Crippen LogP contribution in [0.15, 0.2) is 24.3 Å². The van der Waals surface area contributed by atoms with Crippen LogP contribution in [-0.4, -0.2) is 29.6 Å². The van der Waals surface area contributed by atoms with Crippen molar-refractivity contribution < 1.29 is 20.4 Å². The van der Waals surface area contributed by atoms with E-state index in [0.717, 1.165) is 0 Å². The summed E-state index contributed by atoms with van der Waals surface area (Å²) in [7, 11) is 0. The predicted molar refractivity (Wildman–Crippen MR) is 60.3 cm³/mol. The summed E-state index contributed by atoms with van der Waals surface area (Å²) in [6, 6.07) is 6.74. The van der Waals surface area contributed by atoms with Crippen molar-refractivity contribution >= 4 is 5.78 Å². The van der Waals surface area contributed by atoms with Gasteiger partial charge in [0.25, 0.3) is 0 Å². The Kier molecular flexibility index (Phi) is 4.04. The van der Waals surface area contributed by atoms with Gasteiger partial charge in [-0.2, -0.15) is 0 Å². The third-order valence-corrected chi connectivity index (χ3v) is 2.09. The summed E-state index contributed by atoms with van der Waals surface area (Å²) in [5.41, 5.74) is 2.81. The Bertz CT molecular complexity index is 352. The molecule has 0 saturated carbocycles. The lowest BCUT2D eigenvalue weighted by molar-refractivity contribution is -0.370. The zero-order chi connectivity index (χ0) is 12.2. The molecule has 88 valence electrons. The molecule has 0 aromatic heterocycles. The fraction of sp³-hybridized carbons (Fsp3) is 0.417. The molecule has 0 aliphatic rings. The van der Waals surface area contributed by atoms with Crippen molar-refractivity contribution in [1.29, 1.82) is 0 Å². The van der Waals surface area contributed by atoms with Crippen molar-refractivity contribution in [2.24, 2.45) is 0 Å². The first-order chi connectivity index (χ1) is 7.45. The molecule has 0 amide bonds. The Balaban J connectivity index is 2.75. The van der Waals surface area contributed by atoms with Gasteiger partial charge >= 0.3 is 0 Å². The molecule has 0 aliphatic heterocycles. The standard InChI is InChI=1S/C12H17NO3/c1-12(2,15)11(14)9-3-5-10(6-4-9)16-8-7-13/h3-6,15H,7-8,13H2,1-2H3/p+1. The van der Waals surface area contributed by atoms with Crippen molar-refractivity contribution in [3.8, 4) is 5.75 Å². The first-order valence-electron chi connectivity index (χ1n) is 5.24. The largest absolute Gasteiger partial charge is 0.488 e. The van der Waals surface area contributed by atoms with Gasteiger partial charge in [0.1, 0.15) is 24.5 Å². The maximum atomic E-state index is 11.7. The molecule has 4 N–H and O–H groups in total. The fourth-order valence-corrected chi connectivity index (χ4v) is 1.25. The number of ketones is 1. The normalized spacial score (nSPS) is 11.2. The number of carbonyl (C=O) groups excluding carboxylic acids is 1. The number of carbonyl (C=O) groups is 1. The number of quaternary nitrogens is 1. The molecule has 4 nitrogen and oxygen atoms in total. The third-order valence-electron chi connectivity index (χ3n) is 2.09. The van der Waals surface area contributed by atoms with Gasteiger partial charge in [-0.3, -0.25) is 4.79 Å². The van der Waals surface area contributed by atoms with Crippen LogP contribution in [0.5, 0.6) is 5.75 Å². The van der Waals surface area contributed by atoms with Gasteiger partial charge in [-0.15, -0.1) is 0 Å². The van der Waals surface area contributed by atoms with Crippen molar-refractivity contribution in [1.82, 2.24) is 0 Å². The number of hydrogen-bond donors (Lipinski definition) is 2. The molecule has 0 aliphatic carbocycles. The second-order valence-corrected chi connectivity index (χ2v) is 4.11. The maximum Gasteiger partial charge on any atom is 0.193 e. The van der Waals surface area contributed by atoms with E-state index in [1.807, 2.05) is 0 Å². The molecule has 1 aromatic rings. The van der Waals surface area contributed by atoms with Gasteiger partial charge in [0, 0.05) is 5.56 Å². The second kappa shape index (κ2) is 5.09. The molecule has 1 rings (SSSR count). The van der Waals surface area contributed by atoms with Crippen LogP contribution >= 0.6 is 0 Å². The number of ether oxygens (including phenoxy) is 1. The van der Waals surface area contributed by atoms with Crippen LogP contribution in [-0.2, 0) is 0 Å². The summed E-state index contributed by atoms with van der Waals surface area (Å²) in [5.74, 6) is 0.409. The maximum absolute atomic E-state index is 11.7. The fourth-order valence-electron chi connectivity index (χ4n) is 1.25. The highest BCUT2D eigenvalue weighted by molar-refractivity contribution is 6.01. The van der Waals surface area contributed by atoms with Gasteiger partial charge in [-0.25, -0.2) is 0 Å². The number of aliphatic hydroxyl groups is 1. The van der Waals surface area contributed by atoms with Crippen LogP contribution < -0.4 is 10.5 Å². The van der Waals surface area contributed by atoms with E-state index >= 15 is 0 Å². The highest BCUT2D eigenvalue weighted by atomic mass is 16.5. The van der Waals surface area contributed by atoms with Crippen molar-refractivity contribution in [2.45, 2.75) is 19.4 Å². The number of rotatable bonds is 5. The van der Waals surface area contributed by atoms with Crippen LogP contribution in [0.3, 0.4) is 0 Å². The Morgan fingerprint density at radius 1 is 1.38 bits per heavy atom. The lowest BCUT2D eigenvalue weighted by atomic mass is 9.97. The summed E-state index contributed by atoms with van der Waals surface area (Å²) in [4.78, 5) is 11.7. The van der Waals surface area contributed by atoms with Gasteiger partial charge in [0.05, 0.1) is 0 Å². The van der Waals surface area contributed by atoms with E-state index in [1.54, 1.807) is 24.3 Å². The monoisotopic (exact) mass is 224 g/mol. The van der Waals surface area contributed by atoms with Gasteiger partial charge in [-0.05, 0) is 38.1 Å². The van der Waals surface area contributed by atoms with Crippen LogP contribution in [0, 0.1) is 0 Å². The highest BCUT2D eigenvalue weighted by Gasteiger charge is 2.24. The minimum atomic E-state index is -1.34. The van der Waals surface area contributed by atoms with E-state index < -0.39 is 5.60 Å². The Labute approximate surface area is 95.0 Å². The summed E-state index contributed by atoms with van der Waals surface area (Å²) in [6.45, 7) is 4.20. The molecule has 0 atom stereocenters. The van der Waals surface area contributed by atoms with E-state index in [4.69, 9.17) is 4.74 Å². The molecular formula is C12H18NO3+. The van der Waals surface area contributed by atoms with E-state index in [-0.39, 0.29) is 5.78 Å². The van der Waals surface area contributed by atoms with Gasteiger partial charge in [0.15, 0.2) is 5.78 Å². The van der Waals surface area contributed by atoms with E-state index in [1.165, 1.54) is 13.8 Å². The summed E-state index contributed by atoms with van der Waals surface area (Å²) in [6.07, 6.45) is 0. The molecule has 4 heteroatoms. The molecule has 0 heterocycles. The Morgan fingerprint density at radius 3 is 2.38 bits per heavy atom. The lowest BCUT2D eigenvalue weighted by Crippen LogP contribution is -2.52. The van der Waals surface area contributed by atoms with E-state index in [2.05, 4.69) is 5.73 Å². The van der Waals surface area contributed by atoms with Crippen LogP contribution in [0.25, 0.3) is 0 Å². The molecule has 0 fully saturated rings. The van der Waals surface area contributed by atoms with Crippen LogP contribution in [0.1, 0.15) is 24.2 Å². The summed E-state index contributed by atoms with van der Waals surface area (Å²) >= 11 is 0. The van der Waals surface area contributed by atoms with Gasteiger partial charge < -0.3 is 15.6 Å². The molecule has 0 radical (unpaired) electrons. The van der Waals surface area contributed by atoms with Crippen LogP contribution in [0.4, 0.5) is 0 Å². The highest BCUT2D eigenvalue weighted by Crippen LogP contribution is 2.16. The SMILES string of the molecule is CC(C)(O)C(=O)c1ccc(OCC[NH3+])cc1. The van der Waals surface area contributed by atoms with E-state index in [0.29, 0.717) is 24.5 Å². The van der Waals surface area contributed by atoms with Crippen molar-refractivity contribution in [3.63, 3.8) is 0 Å². The topological polar surface area (TPSA) is 74.2 Å². The van der Waals surface area contributed by atoms with E-state index in [9.17, 15) is 9.90 Å². The Morgan fingerprint density at radius 2 is 1.94 bits per heavy atom. The van der Waals surface area contributed by atoms with Crippen molar-refractivity contribution in [2.75, 3.05) is 13.2 Å². The average molecular weight is 224 g/mol. The first-order valence-corrected chi connectivity index (χ1v) is 5.24. The zero-order valence-corrected chi connectivity index (χ0v) is 9.69. The average Bonchev–Trinajstić information content (AvgIpc) is 2.25. The molecule has 0 spiro atoms. The number of hydrogen-bond acceptors (Lipinski definition) is 3. The zero-order valence-electron chi connectivity index (χ0n) is 9.69. The van der Waals surface area contributed by atoms with Crippen molar-refractivity contribution in [3.05, 3.63) is 29.8 Å². The molecule has 1 aromatic carbocycles. The van der Waals surface area contributed by atoms with Gasteiger partial charge in [-0.1, -0.05) is 0 Å². The minimum Gasteiger partial charge on any atom is -0.488 e. The smallest absolute Gasteiger partial charge is 0.193 e. The molecular weight excluding hydrogens is 206 g/mol. The lowest BCUT2D eigenvalue weighted by Gasteiger charge is -2.15. The quantitative estimate of drug-likeness (QED) is 0.705. The molecule has 0 unspecified atom stereocenters. The number of Topliss-reactive ketones (excluding diaryl/α,β-unsaturated/α-hetero) is 1. The molecule has 16 heavy (non-hydrogen) atoms. The predicted octanol–water partition coefficient (Wildman–Crippen LogP) is 0.261. The van der Waals surface area contributed by atoms with Crippen LogP contribution in [0.2, 0.25) is 0 Å². The molecule has 0 bridgehead atoms. The number of benzene rings is 1. The summed E-state index contributed by atoms with van der Waals surface area (Å²) in [5, 5.41) is 9.56. The third kappa shape index (κ3) is 3.32. The second-order valence-electron chi connectivity index (χ2n) is 4.11. The first kappa shape index (κ1) is 12.7. The molecule has 0 saturated heterocycles. The Hall–Kier alpha value is -1.39.